The third-order valence-electron chi connectivity index (χ3n) is 6.61. The van der Waals surface area contributed by atoms with Gasteiger partial charge in [0.25, 0.3) is 5.56 Å². The summed E-state index contributed by atoms with van der Waals surface area (Å²) in [4.78, 5) is 39.5. The van der Waals surface area contributed by atoms with Gasteiger partial charge in [0.05, 0.1) is 48.8 Å². The molecule has 1 amide bonds. The summed E-state index contributed by atoms with van der Waals surface area (Å²) in [5.41, 5.74) is 2.47. The highest BCUT2D eigenvalue weighted by Crippen LogP contribution is 2.38. The molecule has 190 valence electrons. The van der Waals surface area contributed by atoms with Gasteiger partial charge in [0, 0.05) is 45.1 Å². The number of rotatable bonds is 7. The van der Waals surface area contributed by atoms with Gasteiger partial charge in [0.15, 0.2) is 0 Å². The van der Waals surface area contributed by atoms with Crippen LogP contribution < -0.4 is 15.4 Å². The number of pyridine rings is 2. The molecule has 0 aliphatic carbocycles. The molecule has 0 saturated carbocycles. The lowest BCUT2D eigenvalue weighted by Gasteiger charge is -2.35. The molecule has 3 aromatic heterocycles. The molecule has 0 unspecified atom stereocenters. The van der Waals surface area contributed by atoms with Crippen LogP contribution in [0.4, 0.5) is 11.5 Å². The smallest absolute Gasteiger partial charge is 0.285 e. The second kappa shape index (κ2) is 10.9. The van der Waals surface area contributed by atoms with E-state index in [4.69, 9.17) is 21.6 Å². The fraction of sp³-hybridized carbons (Fsp3) is 0.360. The lowest BCUT2D eigenvalue weighted by Crippen LogP contribution is -2.49. The molecular weight excluding hydrogens is 496 g/mol. The Labute approximate surface area is 218 Å². The van der Waals surface area contributed by atoms with Crippen molar-refractivity contribution in [1.82, 2.24) is 25.1 Å². The monoisotopic (exact) mass is 520 g/mol. The molecule has 1 atom stereocenters. The van der Waals surface area contributed by atoms with E-state index < -0.39 is 5.56 Å². The Morgan fingerprint density at radius 2 is 2.03 bits per heavy atom. The Balaban J connectivity index is 1.14. The number of piperazine rings is 1. The molecule has 12 heteroatoms. The van der Waals surface area contributed by atoms with Gasteiger partial charge in [-0.05, 0) is 23.8 Å². The number of H-pyrrole nitrogens is 1. The van der Waals surface area contributed by atoms with E-state index in [9.17, 15) is 9.59 Å². The number of hydrogen-bond acceptors (Lipinski definition) is 9. The number of anilines is 2. The van der Waals surface area contributed by atoms with Gasteiger partial charge >= 0.3 is 0 Å². The highest BCUT2D eigenvalue weighted by Gasteiger charge is 2.33. The molecule has 3 aromatic rings. The van der Waals surface area contributed by atoms with Gasteiger partial charge in [0.2, 0.25) is 5.91 Å². The van der Waals surface area contributed by atoms with Crippen LogP contribution in [-0.2, 0) is 16.1 Å². The number of fused-ring (bicyclic) bond motifs is 1. The molecule has 0 aromatic carbocycles. The minimum atomic E-state index is -0.455. The maximum Gasteiger partial charge on any atom is 0.285 e. The number of amides is 1. The Bertz CT molecular complexity index is 1370. The summed E-state index contributed by atoms with van der Waals surface area (Å²) < 4.78 is 5.94. The second-order valence-corrected chi connectivity index (χ2v) is 9.18. The molecular formula is C25H25ClN8O3. The van der Waals surface area contributed by atoms with Crippen molar-refractivity contribution in [2.45, 2.75) is 19.0 Å². The zero-order valence-electron chi connectivity index (χ0n) is 20.0. The molecule has 1 fully saturated rings. The molecule has 37 heavy (non-hydrogen) atoms. The number of aromatic nitrogens is 4. The number of carbonyl (C=O) groups excluding carboxylic acids is 1. The van der Waals surface area contributed by atoms with Crippen molar-refractivity contribution in [3.63, 3.8) is 0 Å². The number of nitriles is 1. The Morgan fingerprint density at radius 1 is 1.19 bits per heavy atom. The van der Waals surface area contributed by atoms with Crippen molar-refractivity contribution in [2.75, 3.05) is 49.2 Å². The van der Waals surface area contributed by atoms with E-state index in [0.29, 0.717) is 50.6 Å². The first-order chi connectivity index (χ1) is 18.0. The number of hydrogen-bond donors (Lipinski definition) is 1. The molecule has 0 radical (unpaired) electrons. The average molecular weight is 521 g/mol. The zero-order chi connectivity index (χ0) is 25.8. The number of carbonyl (C=O) groups is 1. The van der Waals surface area contributed by atoms with Gasteiger partial charge in [-0.2, -0.15) is 10.4 Å². The second-order valence-electron chi connectivity index (χ2n) is 8.80. The number of halogens is 1. The van der Waals surface area contributed by atoms with E-state index in [1.165, 1.54) is 6.20 Å². The van der Waals surface area contributed by atoms with Gasteiger partial charge in [-0.3, -0.25) is 14.6 Å². The zero-order valence-corrected chi connectivity index (χ0v) is 20.8. The first-order valence-corrected chi connectivity index (χ1v) is 12.3. The van der Waals surface area contributed by atoms with Gasteiger partial charge in [-0.25, -0.2) is 10.1 Å². The fourth-order valence-corrected chi connectivity index (χ4v) is 4.86. The van der Waals surface area contributed by atoms with Crippen molar-refractivity contribution < 1.29 is 9.53 Å². The SMILES string of the molecule is N#Cc1ccc(N2CCN(C(=O)CCOC[C@@H]3c4ncccc4CN3c3cn[nH]c(=O)c3Cl)CC2)nc1. The number of nitrogens with one attached hydrogen (secondary N) is 1. The molecule has 2 aliphatic rings. The third-order valence-corrected chi connectivity index (χ3v) is 6.98. The van der Waals surface area contributed by atoms with E-state index in [0.717, 1.165) is 17.1 Å². The largest absolute Gasteiger partial charge is 0.378 e. The van der Waals surface area contributed by atoms with Crippen LogP contribution in [0.5, 0.6) is 0 Å². The van der Waals surface area contributed by atoms with Crippen molar-refractivity contribution in [2.24, 2.45) is 0 Å². The first kappa shape index (κ1) is 24.7. The van der Waals surface area contributed by atoms with Crippen LogP contribution in [-0.4, -0.2) is 70.4 Å². The van der Waals surface area contributed by atoms with Gasteiger partial charge < -0.3 is 19.4 Å². The minimum absolute atomic E-state index is 0.0380. The van der Waals surface area contributed by atoms with E-state index >= 15 is 0 Å². The molecule has 5 heterocycles. The molecule has 2 aliphatic heterocycles. The van der Waals surface area contributed by atoms with E-state index in [-0.39, 0.29) is 30.0 Å². The van der Waals surface area contributed by atoms with E-state index in [1.54, 1.807) is 18.5 Å². The van der Waals surface area contributed by atoms with Gasteiger partial charge in [-0.15, -0.1) is 0 Å². The Kier molecular flexibility index (Phi) is 7.30. The summed E-state index contributed by atoms with van der Waals surface area (Å²) in [5, 5.41) is 15.2. The van der Waals surface area contributed by atoms with Crippen LogP contribution in [0.25, 0.3) is 0 Å². The minimum Gasteiger partial charge on any atom is -0.378 e. The first-order valence-electron chi connectivity index (χ1n) is 12.0. The lowest BCUT2D eigenvalue weighted by molar-refractivity contribution is -0.132. The van der Waals surface area contributed by atoms with Crippen LogP contribution in [0.2, 0.25) is 5.02 Å². The number of ether oxygens (including phenoxy) is 1. The summed E-state index contributed by atoms with van der Waals surface area (Å²) in [6, 6.07) is 9.25. The third kappa shape index (κ3) is 5.26. The van der Waals surface area contributed by atoms with Gasteiger partial charge in [0.1, 0.15) is 16.9 Å². The summed E-state index contributed by atoms with van der Waals surface area (Å²) in [5.74, 6) is 0.844. The van der Waals surface area contributed by atoms with Crippen LogP contribution in [0.3, 0.4) is 0 Å². The number of nitrogens with zero attached hydrogens (tertiary/aromatic N) is 7. The molecule has 5 rings (SSSR count). The van der Waals surface area contributed by atoms with Crippen molar-refractivity contribution in [1.29, 1.82) is 5.26 Å². The van der Waals surface area contributed by atoms with Crippen molar-refractivity contribution in [3.05, 3.63) is 75.1 Å². The molecule has 0 spiro atoms. The lowest BCUT2D eigenvalue weighted by atomic mass is 10.1. The molecule has 1 saturated heterocycles. The van der Waals surface area contributed by atoms with E-state index in [2.05, 4.69) is 31.1 Å². The van der Waals surface area contributed by atoms with Crippen molar-refractivity contribution >= 4 is 29.0 Å². The molecule has 0 bridgehead atoms. The van der Waals surface area contributed by atoms with Crippen LogP contribution in [0, 0.1) is 11.3 Å². The Morgan fingerprint density at radius 3 is 2.78 bits per heavy atom. The maximum atomic E-state index is 12.8. The van der Waals surface area contributed by atoms with Crippen LogP contribution in [0.15, 0.2) is 47.7 Å². The van der Waals surface area contributed by atoms with E-state index in [1.807, 2.05) is 28.0 Å². The number of aromatic amines is 1. The van der Waals surface area contributed by atoms with Crippen molar-refractivity contribution in [3.8, 4) is 6.07 Å². The maximum absolute atomic E-state index is 12.8. The molecule has 1 N–H and O–H groups in total. The highest BCUT2D eigenvalue weighted by atomic mass is 35.5. The van der Waals surface area contributed by atoms with Crippen LogP contribution >= 0.6 is 11.6 Å². The predicted octanol–water partition coefficient (Wildman–Crippen LogP) is 1.90. The summed E-state index contributed by atoms with van der Waals surface area (Å²) in [6.45, 7) is 3.64. The van der Waals surface area contributed by atoms with Gasteiger partial charge in [-0.1, -0.05) is 17.7 Å². The summed E-state index contributed by atoms with van der Waals surface area (Å²) >= 11 is 6.28. The fourth-order valence-electron chi connectivity index (χ4n) is 4.66. The topological polar surface area (TPSA) is 131 Å². The van der Waals surface area contributed by atoms with Crippen LogP contribution in [0.1, 0.15) is 29.3 Å². The summed E-state index contributed by atoms with van der Waals surface area (Å²) in [7, 11) is 0. The average Bonchev–Trinajstić information content (AvgIpc) is 3.31. The molecule has 11 nitrogen and oxygen atoms in total. The normalized spacial score (nSPS) is 17.0. The highest BCUT2D eigenvalue weighted by molar-refractivity contribution is 6.33. The summed E-state index contributed by atoms with van der Waals surface area (Å²) in [6.07, 6.45) is 5.08. The standard InChI is InChI=1S/C25H25ClN8O3/c26-23-19(14-30-31-25(23)36)34-15-18-2-1-6-28-24(18)20(34)16-37-11-5-22(35)33-9-7-32(8-10-33)21-4-3-17(12-27)13-29-21/h1-4,6,13-14,20H,5,7-11,15-16H2,(H,31,36)/t20-/m1/s1. The predicted molar refractivity (Wildman–Crippen MR) is 136 cm³/mol. The Hall–Kier alpha value is -4.01. The quantitative estimate of drug-likeness (QED) is 0.464.